The number of rotatable bonds is 3. The van der Waals surface area contributed by atoms with Crippen LogP contribution in [0.25, 0.3) is 6.08 Å². The molecule has 2 aliphatic heterocycles. The number of allylic oxidation sites excluding steroid dienone is 1. The Hall–Kier alpha value is -3.16. The molecule has 2 fully saturated rings. The zero-order valence-corrected chi connectivity index (χ0v) is 18.0. The maximum absolute atomic E-state index is 13.4. The first-order chi connectivity index (χ1) is 15.7. The standard InChI is InChI=1S/C24H27N6O2/c31-22-17-14-18-20(25-19(17)10-12-29(22)16-8-4-5-9-16)11-13-30(23(18)32)24-26-21(27-28-24)15-6-2-1-3-7-15/h10-16,18H,1-9H2,(H,26,27,28)/q+1. The summed E-state index contributed by atoms with van der Waals surface area (Å²) in [6, 6.07) is 2.14. The van der Waals surface area contributed by atoms with E-state index in [0.29, 0.717) is 28.1 Å². The van der Waals surface area contributed by atoms with E-state index in [1.165, 1.54) is 23.8 Å². The topological polar surface area (TPSA) is 96.0 Å². The number of pyridine rings is 1. The van der Waals surface area contributed by atoms with Crippen molar-refractivity contribution in [2.75, 3.05) is 0 Å². The fourth-order valence-electron chi connectivity index (χ4n) is 5.55. The summed E-state index contributed by atoms with van der Waals surface area (Å²) in [5, 5.41) is 8.54. The minimum atomic E-state index is -0.601. The van der Waals surface area contributed by atoms with Gasteiger partial charge < -0.3 is 4.57 Å². The molecule has 0 spiro atoms. The van der Waals surface area contributed by atoms with Gasteiger partial charge in [-0.25, -0.2) is 0 Å². The third kappa shape index (κ3) is 3.20. The van der Waals surface area contributed by atoms with Crippen LogP contribution in [0.1, 0.15) is 75.6 Å². The lowest BCUT2D eigenvalue weighted by Gasteiger charge is -2.19. The molecule has 2 aliphatic carbocycles. The number of carbonyl (C=O) groups excluding carboxylic acids is 1. The van der Waals surface area contributed by atoms with Gasteiger partial charge in [0.25, 0.3) is 5.56 Å². The first-order valence-electron chi connectivity index (χ1n) is 11.8. The number of amides is 1. The molecular formula is C24H27N6O2+. The predicted molar refractivity (Wildman–Crippen MR) is 118 cm³/mol. The highest BCUT2D eigenvalue weighted by Gasteiger charge is 2.36. The summed E-state index contributed by atoms with van der Waals surface area (Å²) in [7, 11) is 0. The van der Waals surface area contributed by atoms with Gasteiger partial charge in [-0.1, -0.05) is 32.1 Å². The Bertz CT molecular complexity index is 1320. The number of aromatic amines is 1. The van der Waals surface area contributed by atoms with Gasteiger partial charge in [0, 0.05) is 23.3 Å². The van der Waals surface area contributed by atoms with Crippen LogP contribution in [0.3, 0.4) is 0 Å². The highest BCUT2D eigenvalue weighted by atomic mass is 16.2. The minimum Gasteiger partial charge on any atom is -0.312 e. The van der Waals surface area contributed by atoms with E-state index in [4.69, 9.17) is 0 Å². The maximum atomic E-state index is 13.4. The van der Waals surface area contributed by atoms with Crippen LogP contribution in [0, 0.1) is 5.92 Å². The number of H-pyrrole nitrogens is 1. The van der Waals surface area contributed by atoms with Gasteiger partial charge in [0.05, 0.1) is 22.5 Å². The van der Waals surface area contributed by atoms with Crippen molar-refractivity contribution < 1.29 is 9.37 Å². The summed E-state index contributed by atoms with van der Waals surface area (Å²) >= 11 is 0. The second-order valence-corrected chi connectivity index (χ2v) is 9.33. The van der Waals surface area contributed by atoms with Crippen molar-refractivity contribution in [1.29, 1.82) is 0 Å². The molecule has 1 unspecified atom stereocenters. The van der Waals surface area contributed by atoms with Gasteiger partial charge in [-0.2, -0.15) is 9.67 Å². The SMILES string of the molecule is O=C1C2C=c3c(ccn(C4CCCC4)c3=O)=NC2=CC=[N+]1c1n[nH]c(C2CCCCC2)n1. The lowest BCUT2D eigenvalue weighted by atomic mass is 9.89. The predicted octanol–water partition coefficient (Wildman–Crippen LogP) is 2.00. The van der Waals surface area contributed by atoms with E-state index in [1.54, 1.807) is 12.3 Å². The molecule has 0 saturated heterocycles. The average Bonchev–Trinajstić information content (AvgIpc) is 3.52. The van der Waals surface area contributed by atoms with E-state index < -0.39 is 5.92 Å². The van der Waals surface area contributed by atoms with E-state index in [0.717, 1.165) is 44.3 Å². The largest absolute Gasteiger partial charge is 0.462 e. The van der Waals surface area contributed by atoms with E-state index in [2.05, 4.69) is 20.2 Å². The van der Waals surface area contributed by atoms with Crippen LogP contribution in [0.15, 0.2) is 33.8 Å². The van der Waals surface area contributed by atoms with Crippen molar-refractivity contribution in [3.8, 4) is 0 Å². The van der Waals surface area contributed by atoms with Crippen molar-refractivity contribution in [3.63, 3.8) is 0 Å². The van der Waals surface area contributed by atoms with Gasteiger partial charge in [-0.15, -0.1) is 0 Å². The molecule has 32 heavy (non-hydrogen) atoms. The number of hydrogen-bond acceptors (Lipinski definition) is 5. The van der Waals surface area contributed by atoms with E-state index in [-0.39, 0.29) is 17.5 Å². The van der Waals surface area contributed by atoms with Gasteiger partial charge in [0.2, 0.25) is 5.82 Å². The molecule has 8 heteroatoms. The Morgan fingerprint density at radius 3 is 2.62 bits per heavy atom. The fourth-order valence-corrected chi connectivity index (χ4v) is 5.55. The van der Waals surface area contributed by atoms with Crippen LogP contribution >= 0.6 is 0 Å². The van der Waals surface area contributed by atoms with Crippen LogP contribution in [0.2, 0.25) is 0 Å². The molecular weight excluding hydrogens is 404 g/mol. The Morgan fingerprint density at radius 1 is 1.03 bits per heavy atom. The molecule has 4 heterocycles. The number of carbonyl (C=O) groups is 1. The first kappa shape index (κ1) is 19.5. The first-order valence-corrected chi connectivity index (χ1v) is 11.8. The molecule has 2 aromatic heterocycles. The molecule has 0 aromatic carbocycles. The Balaban J connectivity index is 1.35. The summed E-state index contributed by atoms with van der Waals surface area (Å²) in [4.78, 5) is 35.9. The molecule has 1 N–H and O–H groups in total. The van der Waals surface area contributed by atoms with Crippen LogP contribution < -0.4 is 16.1 Å². The van der Waals surface area contributed by atoms with Crippen LogP contribution in [-0.2, 0) is 4.79 Å². The zero-order chi connectivity index (χ0) is 21.7. The van der Waals surface area contributed by atoms with Crippen molar-refractivity contribution in [3.05, 3.63) is 50.8 Å². The maximum Gasteiger partial charge on any atom is 0.462 e. The van der Waals surface area contributed by atoms with Crippen LogP contribution in [0.5, 0.6) is 0 Å². The minimum absolute atomic E-state index is 0.0522. The average molecular weight is 432 g/mol. The van der Waals surface area contributed by atoms with Crippen molar-refractivity contribution in [1.82, 2.24) is 19.7 Å². The van der Waals surface area contributed by atoms with Crippen molar-refractivity contribution in [2.45, 2.75) is 69.7 Å². The van der Waals surface area contributed by atoms with E-state index >= 15 is 0 Å². The summed E-state index contributed by atoms with van der Waals surface area (Å²) < 4.78 is 3.31. The summed E-state index contributed by atoms with van der Waals surface area (Å²) in [5.41, 5.74) is 0.600. The third-order valence-electron chi connectivity index (χ3n) is 7.35. The highest BCUT2D eigenvalue weighted by molar-refractivity contribution is 5.91. The molecule has 4 aliphatic rings. The van der Waals surface area contributed by atoms with E-state index in [1.807, 2.05) is 22.9 Å². The van der Waals surface area contributed by atoms with Gasteiger partial charge >= 0.3 is 11.9 Å². The number of aromatic nitrogens is 4. The summed E-state index contributed by atoms with van der Waals surface area (Å²) in [5.74, 6) is 0.825. The number of hydrogen-bond donors (Lipinski definition) is 1. The molecule has 0 radical (unpaired) electrons. The highest BCUT2D eigenvalue weighted by Crippen LogP contribution is 2.32. The summed E-state index contributed by atoms with van der Waals surface area (Å²) in [6.45, 7) is 0. The molecule has 1 amide bonds. The second kappa shape index (κ2) is 7.76. The van der Waals surface area contributed by atoms with Crippen LogP contribution in [0.4, 0.5) is 5.95 Å². The number of fused-ring (bicyclic) bond motifs is 2. The van der Waals surface area contributed by atoms with Crippen molar-refractivity contribution in [2.24, 2.45) is 10.9 Å². The monoisotopic (exact) mass is 431 g/mol. The molecule has 164 valence electrons. The molecule has 1 atom stereocenters. The molecule has 8 nitrogen and oxygen atoms in total. The fraction of sp³-hybridized carbons (Fsp3) is 0.500. The normalized spacial score (nSPS) is 23.6. The summed E-state index contributed by atoms with van der Waals surface area (Å²) in [6.07, 6.45) is 17.4. The third-order valence-corrected chi connectivity index (χ3v) is 7.35. The molecule has 2 aromatic rings. The van der Waals surface area contributed by atoms with Gasteiger partial charge in [-0.3, -0.25) is 14.6 Å². The Kier molecular flexibility index (Phi) is 4.73. The zero-order valence-electron chi connectivity index (χ0n) is 18.0. The molecule has 6 rings (SSSR count). The Labute approximate surface area is 185 Å². The van der Waals surface area contributed by atoms with E-state index in [9.17, 15) is 9.59 Å². The number of nitrogens with zero attached hydrogens (tertiary/aromatic N) is 5. The van der Waals surface area contributed by atoms with Gasteiger partial charge in [0.1, 0.15) is 5.92 Å². The molecule has 0 bridgehead atoms. The lowest BCUT2D eigenvalue weighted by Crippen LogP contribution is -2.49. The Morgan fingerprint density at radius 2 is 1.81 bits per heavy atom. The second-order valence-electron chi connectivity index (χ2n) is 9.33. The van der Waals surface area contributed by atoms with Gasteiger partial charge in [-0.05, 0) is 48.9 Å². The molecule has 2 saturated carbocycles. The lowest BCUT2D eigenvalue weighted by molar-refractivity contribution is -0.373. The smallest absolute Gasteiger partial charge is 0.312 e. The quantitative estimate of drug-likeness (QED) is 0.752. The van der Waals surface area contributed by atoms with Crippen molar-refractivity contribution >= 4 is 24.1 Å². The number of nitrogens with one attached hydrogen (secondary N) is 1. The van der Waals surface area contributed by atoms with Crippen LogP contribution in [-0.4, -0.2) is 36.4 Å². The van der Waals surface area contributed by atoms with Gasteiger partial charge in [0.15, 0.2) is 0 Å².